The summed E-state index contributed by atoms with van der Waals surface area (Å²) in [6, 6.07) is 18.2. The molecule has 3 aliphatic heterocycles. The fourth-order valence-corrected chi connectivity index (χ4v) is 4.95. The number of nitrogens with one attached hydrogen (secondary N) is 2. The van der Waals surface area contributed by atoms with E-state index in [4.69, 9.17) is 9.97 Å². The summed E-state index contributed by atoms with van der Waals surface area (Å²) in [6.45, 7) is 6.88. The molecular weight excluding hydrogens is 468 g/mol. The standard InChI is InChI=1S/C28H30N6OS/c1-4-25(27(35)31-24-14-21(12-9-19(24)3)30-22-15-29-16-22)34-13-5-6-23-26(34)33-28(32-23)36-17-20-10-7-18(2)8-11-20/h5-15,22,25,30H,4,16-17H2,1-3H3,(H,31,35). The van der Waals surface area contributed by atoms with Gasteiger partial charge in [-0.25, -0.2) is 9.97 Å². The second kappa shape index (κ2) is 10.5. The zero-order chi connectivity index (χ0) is 25.1. The average molecular weight is 499 g/mol. The second-order valence-electron chi connectivity index (χ2n) is 9.11. The summed E-state index contributed by atoms with van der Waals surface area (Å²) in [5.74, 6) is 1.45. The number of hydrogen-bond donors (Lipinski definition) is 2. The Hall–Kier alpha value is -3.65. The molecule has 2 N–H and O–H groups in total. The number of nitrogens with zero attached hydrogens (tertiary/aromatic N) is 4. The first-order chi connectivity index (χ1) is 17.5. The third-order valence-electron chi connectivity index (χ3n) is 6.34. The van der Waals surface area contributed by atoms with Gasteiger partial charge in [-0.3, -0.25) is 9.79 Å². The topological polar surface area (TPSA) is 84.2 Å². The number of amides is 1. The van der Waals surface area contributed by atoms with Gasteiger partial charge >= 0.3 is 0 Å². The normalized spacial score (nSPS) is 15.5. The maximum atomic E-state index is 13.5. The van der Waals surface area contributed by atoms with Gasteiger partial charge in [0.2, 0.25) is 5.91 Å². The van der Waals surface area contributed by atoms with Crippen LogP contribution in [-0.4, -0.2) is 39.2 Å². The zero-order valence-electron chi connectivity index (χ0n) is 20.7. The highest BCUT2D eigenvalue weighted by molar-refractivity contribution is 7.98. The number of imidazole rings is 1. The van der Waals surface area contributed by atoms with Crippen LogP contribution in [0, 0.1) is 13.8 Å². The molecule has 8 heteroatoms. The number of aryl methyl sites for hydroxylation is 2. The van der Waals surface area contributed by atoms with E-state index in [1.54, 1.807) is 11.8 Å². The molecule has 3 heterocycles. The van der Waals surface area contributed by atoms with Gasteiger partial charge in [0.1, 0.15) is 11.7 Å². The van der Waals surface area contributed by atoms with Crippen LogP contribution in [0.25, 0.3) is 11.5 Å². The maximum Gasteiger partial charge on any atom is 0.247 e. The molecule has 0 saturated carbocycles. The highest BCUT2D eigenvalue weighted by Gasteiger charge is 2.24. The molecule has 0 fully saturated rings. The third-order valence-corrected chi connectivity index (χ3v) is 7.26. The Balaban J connectivity index is 1.33. The maximum absolute atomic E-state index is 13.5. The molecule has 0 bridgehead atoms. The number of rotatable bonds is 9. The third kappa shape index (κ3) is 5.28. The van der Waals surface area contributed by atoms with E-state index >= 15 is 0 Å². The van der Waals surface area contributed by atoms with Crippen LogP contribution in [0.1, 0.15) is 36.1 Å². The van der Waals surface area contributed by atoms with Gasteiger partial charge in [0.15, 0.2) is 11.0 Å². The molecule has 0 radical (unpaired) electrons. The first-order valence-corrected chi connectivity index (χ1v) is 13.2. The highest BCUT2D eigenvalue weighted by atomic mass is 32.2. The van der Waals surface area contributed by atoms with E-state index in [1.807, 2.05) is 61.2 Å². The monoisotopic (exact) mass is 498 g/mol. The van der Waals surface area contributed by atoms with Crippen molar-refractivity contribution in [3.63, 3.8) is 0 Å². The first-order valence-electron chi connectivity index (χ1n) is 12.2. The van der Waals surface area contributed by atoms with Crippen molar-refractivity contribution in [1.82, 2.24) is 14.5 Å². The van der Waals surface area contributed by atoms with E-state index < -0.39 is 6.04 Å². The first kappa shape index (κ1) is 24.1. The molecule has 2 atom stereocenters. The molecule has 3 aliphatic rings. The molecule has 2 unspecified atom stereocenters. The molecule has 36 heavy (non-hydrogen) atoms. The quantitative estimate of drug-likeness (QED) is 0.287. The Kier molecular flexibility index (Phi) is 7.04. The van der Waals surface area contributed by atoms with Crippen molar-refractivity contribution in [1.29, 1.82) is 0 Å². The SMILES string of the molecule is CCC(C(=O)Nc1cc(NC2C=NC2)ccc1C)n1cccc2nc(SCc3ccc(C)cc3)nc1-2. The Morgan fingerprint density at radius 2 is 1.94 bits per heavy atom. The van der Waals surface area contributed by atoms with Gasteiger partial charge in [-0.05, 0) is 55.7 Å². The van der Waals surface area contributed by atoms with Gasteiger partial charge in [0, 0.05) is 29.5 Å². The molecule has 0 spiro atoms. The van der Waals surface area contributed by atoms with Crippen LogP contribution in [0.2, 0.25) is 0 Å². The molecule has 2 aromatic carbocycles. The van der Waals surface area contributed by atoms with Gasteiger partial charge < -0.3 is 15.2 Å². The Morgan fingerprint density at radius 1 is 1.14 bits per heavy atom. The van der Waals surface area contributed by atoms with Crippen molar-refractivity contribution in [2.24, 2.45) is 4.99 Å². The Morgan fingerprint density at radius 3 is 2.67 bits per heavy atom. The lowest BCUT2D eigenvalue weighted by Gasteiger charge is -2.23. The number of benzene rings is 2. The van der Waals surface area contributed by atoms with E-state index in [9.17, 15) is 4.79 Å². The van der Waals surface area contributed by atoms with Crippen LogP contribution < -0.4 is 10.6 Å². The highest BCUT2D eigenvalue weighted by Crippen LogP contribution is 2.30. The number of carbonyl (C=O) groups excluding carboxylic acids is 1. The van der Waals surface area contributed by atoms with E-state index in [-0.39, 0.29) is 11.9 Å². The number of pyridine rings is 1. The molecule has 2 aromatic rings. The Bertz CT molecular complexity index is 1360. The number of aromatic nitrogens is 3. The van der Waals surface area contributed by atoms with Crippen molar-refractivity contribution in [3.8, 4) is 11.5 Å². The average Bonchev–Trinajstić information content (AvgIpc) is 3.27. The van der Waals surface area contributed by atoms with Crippen molar-refractivity contribution in [2.75, 3.05) is 17.2 Å². The minimum atomic E-state index is -0.407. The van der Waals surface area contributed by atoms with Gasteiger partial charge in [0.05, 0.1) is 12.6 Å². The van der Waals surface area contributed by atoms with Gasteiger partial charge in [-0.1, -0.05) is 54.6 Å². The van der Waals surface area contributed by atoms with Crippen molar-refractivity contribution in [2.45, 2.75) is 50.2 Å². The molecule has 5 rings (SSSR count). The summed E-state index contributed by atoms with van der Waals surface area (Å²) in [7, 11) is 0. The molecule has 0 aliphatic carbocycles. The smallest absolute Gasteiger partial charge is 0.247 e. The van der Waals surface area contributed by atoms with Crippen LogP contribution in [0.5, 0.6) is 0 Å². The zero-order valence-corrected chi connectivity index (χ0v) is 21.5. The number of carbonyl (C=O) groups is 1. The number of anilines is 2. The van der Waals surface area contributed by atoms with Crippen LogP contribution in [-0.2, 0) is 10.5 Å². The largest absolute Gasteiger partial charge is 0.375 e. The summed E-state index contributed by atoms with van der Waals surface area (Å²) in [5.41, 5.74) is 6.05. The molecular formula is C28H30N6OS. The van der Waals surface area contributed by atoms with Crippen LogP contribution in [0.4, 0.5) is 11.4 Å². The predicted octanol–water partition coefficient (Wildman–Crippen LogP) is 5.75. The molecule has 1 amide bonds. The Labute approximate surface area is 215 Å². The molecule has 184 valence electrons. The van der Waals surface area contributed by atoms with Crippen molar-refractivity contribution < 1.29 is 4.79 Å². The number of fused-ring (bicyclic) bond motifs is 1. The fourth-order valence-electron chi connectivity index (χ4n) is 4.15. The minimum Gasteiger partial charge on any atom is -0.375 e. The predicted molar refractivity (Wildman–Crippen MR) is 147 cm³/mol. The summed E-state index contributed by atoms with van der Waals surface area (Å²) < 4.78 is 1.94. The summed E-state index contributed by atoms with van der Waals surface area (Å²) in [4.78, 5) is 27.1. The van der Waals surface area contributed by atoms with Crippen molar-refractivity contribution in [3.05, 3.63) is 77.5 Å². The molecule has 0 aromatic heterocycles. The van der Waals surface area contributed by atoms with E-state index in [0.717, 1.165) is 45.9 Å². The summed E-state index contributed by atoms with van der Waals surface area (Å²) >= 11 is 1.61. The number of hydrogen-bond acceptors (Lipinski definition) is 6. The molecule has 7 nitrogen and oxygen atoms in total. The van der Waals surface area contributed by atoms with Crippen LogP contribution in [0.15, 0.2) is 70.9 Å². The van der Waals surface area contributed by atoms with Gasteiger partial charge in [-0.15, -0.1) is 0 Å². The lowest BCUT2D eigenvalue weighted by Crippen LogP contribution is -2.31. The lowest BCUT2D eigenvalue weighted by molar-refractivity contribution is -0.119. The summed E-state index contributed by atoms with van der Waals surface area (Å²) in [5, 5.41) is 7.28. The van der Waals surface area contributed by atoms with Crippen LogP contribution in [0.3, 0.4) is 0 Å². The van der Waals surface area contributed by atoms with Crippen LogP contribution >= 0.6 is 11.8 Å². The minimum absolute atomic E-state index is 0.0719. The lowest BCUT2D eigenvalue weighted by atomic mass is 10.1. The number of aliphatic imine (C=N–C) groups is 1. The number of thioether (sulfide) groups is 1. The fraction of sp³-hybridized carbons (Fsp3) is 0.286. The van der Waals surface area contributed by atoms with E-state index in [0.29, 0.717) is 6.42 Å². The van der Waals surface area contributed by atoms with E-state index in [2.05, 4.69) is 46.8 Å². The summed E-state index contributed by atoms with van der Waals surface area (Å²) in [6.07, 6.45) is 4.44. The van der Waals surface area contributed by atoms with E-state index in [1.165, 1.54) is 11.1 Å². The van der Waals surface area contributed by atoms with Gasteiger partial charge in [0.25, 0.3) is 0 Å². The second-order valence-corrected chi connectivity index (χ2v) is 10.1. The van der Waals surface area contributed by atoms with Crippen molar-refractivity contribution >= 4 is 35.3 Å². The molecule has 0 saturated heterocycles. The van der Waals surface area contributed by atoms with Gasteiger partial charge in [-0.2, -0.15) is 0 Å².